The summed E-state index contributed by atoms with van der Waals surface area (Å²) < 4.78 is 5.51. The Morgan fingerprint density at radius 3 is 2.36 bits per heavy atom. The summed E-state index contributed by atoms with van der Waals surface area (Å²) in [5.74, 6) is 2.59. The van der Waals surface area contributed by atoms with Crippen molar-refractivity contribution in [3.63, 3.8) is 0 Å². The zero-order valence-corrected chi connectivity index (χ0v) is 9.42. The highest BCUT2D eigenvalue weighted by Crippen LogP contribution is 2.24. The molecule has 80 valence electrons. The normalized spacial score (nSPS) is 13.5. The van der Waals surface area contributed by atoms with Gasteiger partial charge in [0.05, 0.1) is 6.04 Å². The highest BCUT2D eigenvalue weighted by Gasteiger charge is 2.14. The first-order valence-electron chi connectivity index (χ1n) is 5.49. The minimum Gasteiger partial charge on any atom is -0.465 e. The molecular formula is C12H21NO. The summed E-state index contributed by atoms with van der Waals surface area (Å²) in [5.41, 5.74) is 6.07. The molecule has 14 heavy (non-hydrogen) atoms. The Kier molecular flexibility index (Phi) is 4.21. The first-order chi connectivity index (χ1) is 6.67. The molecule has 2 nitrogen and oxygen atoms in total. The largest absolute Gasteiger partial charge is 0.465 e. The molecule has 0 amide bonds. The maximum atomic E-state index is 6.07. The summed E-state index contributed by atoms with van der Waals surface area (Å²) >= 11 is 0. The van der Waals surface area contributed by atoms with E-state index >= 15 is 0 Å². The van der Waals surface area contributed by atoms with E-state index in [4.69, 9.17) is 10.2 Å². The van der Waals surface area contributed by atoms with Gasteiger partial charge in [-0.05, 0) is 31.4 Å². The van der Waals surface area contributed by atoms with E-state index in [-0.39, 0.29) is 6.04 Å². The second kappa shape index (κ2) is 5.20. The summed E-state index contributed by atoms with van der Waals surface area (Å²) in [6.45, 7) is 6.38. The van der Waals surface area contributed by atoms with Crippen LogP contribution in [0, 0.1) is 12.8 Å². The molecule has 0 saturated heterocycles. The number of nitrogens with two attached hydrogens (primary N) is 1. The zero-order chi connectivity index (χ0) is 10.6. The molecule has 0 aliphatic heterocycles. The fourth-order valence-electron chi connectivity index (χ4n) is 1.75. The lowest BCUT2D eigenvalue weighted by molar-refractivity contribution is 0.366. The van der Waals surface area contributed by atoms with E-state index in [0.717, 1.165) is 23.9 Å². The number of furan rings is 1. The van der Waals surface area contributed by atoms with Crippen molar-refractivity contribution in [2.24, 2.45) is 11.7 Å². The lowest BCUT2D eigenvalue weighted by Gasteiger charge is -2.16. The van der Waals surface area contributed by atoms with Gasteiger partial charge in [-0.2, -0.15) is 0 Å². The van der Waals surface area contributed by atoms with E-state index in [1.807, 2.05) is 19.1 Å². The van der Waals surface area contributed by atoms with E-state index in [2.05, 4.69) is 13.8 Å². The highest BCUT2D eigenvalue weighted by atomic mass is 16.3. The predicted molar refractivity (Wildman–Crippen MR) is 59.1 cm³/mol. The summed E-state index contributed by atoms with van der Waals surface area (Å²) in [6.07, 6.45) is 3.42. The van der Waals surface area contributed by atoms with Gasteiger partial charge in [-0.3, -0.25) is 0 Å². The average molecular weight is 195 g/mol. The molecule has 1 rings (SSSR count). The molecule has 1 heterocycles. The first kappa shape index (κ1) is 11.3. The van der Waals surface area contributed by atoms with Crippen LogP contribution in [-0.2, 0) is 0 Å². The van der Waals surface area contributed by atoms with E-state index in [0.29, 0.717) is 0 Å². The van der Waals surface area contributed by atoms with Crippen molar-refractivity contribution in [1.29, 1.82) is 0 Å². The molecule has 0 aromatic carbocycles. The van der Waals surface area contributed by atoms with Crippen molar-refractivity contribution in [2.45, 2.75) is 46.1 Å². The van der Waals surface area contributed by atoms with Gasteiger partial charge in [0.25, 0.3) is 0 Å². The molecule has 0 aliphatic rings. The summed E-state index contributed by atoms with van der Waals surface area (Å²) in [5, 5.41) is 0. The van der Waals surface area contributed by atoms with Gasteiger partial charge < -0.3 is 10.2 Å². The third-order valence-electron chi connectivity index (χ3n) is 2.87. The molecule has 0 bridgehead atoms. The SMILES string of the molecule is CCC(CC)C[C@@H](N)c1ccc(C)o1. The molecule has 1 aromatic rings. The van der Waals surface area contributed by atoms with Crippen LogP contribution in [0.5, 0.6) is 0 Å². The van der Waals surface area contributed by atoms with Gasteiger partial charge in [0, 0.05) is 0 Å². The van der Waals surface area contributed by atoms with Gasteiger partial charge in [-0.25, -0.2) is 0 Å². The molecule has 1 aromatic heterocycles. The number of hydrogen-bond donors (Lipinski definition) is 1. The van der Waals surface area contributed by atoms with Crippen molar-refractivity contribution in [2.75, 3.05) is 0 Å². The van der Waals surface area contributed by atoms with Crippen LogP contribution in [0.25, 0.3) is 0 Å². The van der Waals surface area contributed by atoms with Crippen molar-refractivity contribution in [1.82, 2.24) is 0 Å². The van der Waals surface area contributed by atoms with Crippen LogP contribution in [0.15, 0.2) is 16.5 Å². The second-order valence-electron chi connectivity index (χ2n) is 3.97. The lowest BCUT2D eigenvalue weighted by atomic mass is 9.94. The average Bonchev–Trinajstić information content (AvgIpc) is 2.61. The molecule has 1 atom stereocenters. The second-order valence-corrected chi connectivity index (χ2v) is 3.97. The van der Waals surface area contributed by atoms with Crippen molar-refractivity contribution >= 4 is 0 Å². The van der Waals surface area contributed by atoms with E-state index < -0.39 is 0 Å². The quantitative estimate of drug-likeness (QED) is 0.782. The van der Waals surface area contributed by atoms with Crippen molar-refractivity contribution < 1.29 is 4.42 Å². The Hall–Kier alpha value is -0.760. The van der Waals surface area contributed by atoms with Crippen molar-refractivity contribution in [3.8, 4) is 0 Å². The molecular weight excluding hydrogens is 174 g/mol. The molecule has 2 N–H and O–H groups in total. The van der Waals surface area contributed by atoms with Gasteiger partial charge in [0.2, 0.25) is 0 Å². The Balaban J connectivity index is 2.53. The van der Waals surface area contributed by atoms with Gasteiger partial charge in [-0.15, -0.1) is 0 Å². The molecule has 0 spiro atoms. The Bertz CT molecular complexity index is 263. The smallest absolute Gasteiger partial charge is 0.120 e. The third kappa shape index (κ3) is 2.88. The Morgan fingerprint density at radius 1 is 1.29 bits per heavy atom. The van der Waals surface area contributed by atoms with E-state index in [1.54, 1.807) is 0 Å². The van der Waals surface area contributed by atoms with Crippen LogP contribution < -0.4 is 5.73 Å². The minimum atomic E-state index is 0.0635. The minimum absolute atomic E-state index is 0.0635. The van der Waals surface area contributed by atoms with Gasteiger partial charge >= 0.3 is 0 Å². The van der Waals surface area contributed by atoms with Crippen LogP contribution in [0.3, 0.4) is 0 Å². The molecule has 0 radical (unpaired) electrons. The maximum absolute atomic E-state index is 6.07. The zero-order valence-electron chi connectivity index (χ0n) is 9.42. The van der Waals surface area contributed by atoms with Crippen LogP contribution >= 0.6 is 0 Å². The number of aryl methyl sites for hydroxylation is 1. The third-order valence-corrected chi connectivity index (χ3v) is 2.87. The van der Waals surface area contributed by atoms with E-state index in [1.165, 1.54) is 12.8 Å². The molecule has 0 unspecified atom stereocenters. The maximum Gasteiger partial charge on any atom is 0.120 e. The molecule has 0 saturated carbocycles. The highest BCUT2D eigenvalue weighted by molar-refractivity contribution is 5.09. The molecule has 0 fully saturated rings. The first-order valence-corrected chi connectivity index (χ1v) is 5.49. The van der Waals surface area contributed by atoms with Crippen LogP contribution in [0.4, 0.5) is 0 Å². The van der Waals surface area contributed by atoms with Crippen LogP contribution in [0.2, 0.25) is 0 Å². The number of rotatable bonds is 5. The Labute approximate surface area is 86.5 Å². The Morgan fingerprint density at radius 2 is 1.93 bits per heavy atom. The van der Waals surface area contributed by atoms with Gasteiger partial charge in [0.1, 0.15) is 11.5 Å². The lowest BCUT2D eigenvalue weighted by Crippen LogP contribution is -2.14. The van der Waals surface area contributed by atoms with Crippen LogP contribution in [-0.4, -0.2) is 0 Å². The van der Waals surface area contributed by atoms with E-state index in [9.17, 15) is 0 Å². The topological polar surface area (TPSA) is 39.2 Å². The predicted octanol–water partition coefficient (Wildman–Crippen LogP) is 3.41. The summed E-state index contributed by atoms with van der Waals surface area (Å²) in [4.78, 5) is 0. The summed E-state index contributed by atoms with van der Waals surface area (Å²) in [7, 11) is 0. The van der Waals surface area contributed by atoms with Crippen molar-refractivity contribution in [3.05, 3.63) is 23.7 Å². The monoisotopic (exact) mass is 195 g/mol. The summed E-state index contributed by atoms with van der Waals surface area (Å²) in [6, 6.07) is 4.03. The van der Waals surface area contributed by atoms with Crippen LogP contribution in [0.1, 0.15) is 50.7 Å². The molecule has 2 heteroatoms. The number of hydrogen-bond acceptors (Lipinski definition) is 2. The van der Waals surface area contributed by atoms with Gasteiger partial charge in [-0.1, -0.05) is 26.7 Å². The fourth-order valence-corrected chi connectivity index (χ4v) is 1.75. The van der Waals surface area contributed by atoms with Gasteiger partial charge in [0.15, 0.2) is 0 Å². The fraction of sp³-hybridized carbons (Fsp3) is 0.667. The molecule has 0 aliphatic carbocycles. The standard InChI is InChI=1S/C12H21NO/c1-4-10(5-2)8-11(13)12-7-6-9(3)14-12/h6-7,10-11H,4-5,8,13H2,1-3H3/t11-/m1/s1.